The van der Waals surface area contributed by atoms with Crippen molar-refractivity contribution in [1.82, 2.24) is 4.98 Å². The van der Waals surface area contributed by atoms with Crippen molar-refractivity contribution < 1.29 is 13.3 Å². The van der Waals surface area contributed by atoms with Gasteiger partial charge in [-0.3, -0.25) is 14.8 Å². The fourth-order valence-corrected chi connectivity index (χ4v) is 4.15. The van der Waals surface area contributed by atoms with Crippen molar-refractivity contribution in [3.05, 3.63) is 43.9 Å². The molecule has 2 aromatic rings. The molecule has 106 valence electrons. The van der Waals surface area contributed by atoms with Gasteiger partial charge in [0, 0.05) is 12.3 Å². The van der Waals surface area contributed by atoms with Gasteiger partial charge in [0.15, 0.2) is 10.2 Å². The fraction of sp³-hybridized carbons (Fsp3) is 0. The lowest BCUT2D eigenvalue weighted by atomic mass is 10.5. The van der Waals surface area contributed by atoms with Gasteiger partial charge in [0.1, 0.15) is 4.21 Å². The van der Waals surface area contributed by atoms with Crippen molar-refractivity contribution >= 4 is 56.1 Å². The fourth-order valence-electron chi connectivity index (χ4n) is 1.23. The van der Waals surface area contributed by atoms with Crippen LogP contribution >= 0.6 is 34.5 Å². The minimum absolute atomic E-state index is 0.0682. The Bertz CT molecular complexity index is 775. The molecule has 0 saturated carbocycles. The van der Waals surface area contributed by atoms with Crippen LogP contribution in [0.2, 0.25) is 9.36 Å². The Balaban J connectivity index is 2.39. The molecule has 7 nitrogen and oxygen atoms in total. The molecule has 0 fully saturated rings. The Morgan fingerprint density at radius 3 is 2.65 bits per heavy atom. The second-order valence-electron chi connectivity index (χ2n) is 3.42. The minimum atomic E-state index is -4.04. The van der Waals surface area contributed by atoms with Crippen LogP contribution in [0.5, 0.6) is 0 Å². The van der Waals surface area contributed by atoms with Gasteiger partial charge < -0.3 is 0 Å². The van der Waals surface area contributed by atoms with Gasteiger partial charge in [0.2, 0.25) is 0 Å². The van der Waals surface area contributed by atoms with E-state index in [2.05, 4.69) is 9.71 Å². The molecule has 0 unspecified atom stereocenters. The molecule has 0 aliphatic heterocycles. The van der Waals surface area contributed by atoms with E-state index in [9.17, 15) is 18.5 Å². The van der Waals surface area contributed by atoms with Crippen LogP contribution in [-0.2, 0) is 10.0 Å². The zero-order valence-electron chi connectivity index (χ0n) is 9.41. The van der Waals surface area contributed by atoms with Crippen molar-refractivity contribution in [2.45, 2.75) is 4.21 Å². The second kappa shape index (κ2) is 5.52. The normalized spacial score (nSPS) is 11.3. The molecule has 20 heavy (non-hydrogen) atoms. The second-order valence-corrected chi connectivity index (χ2v) is 7.39. The smallest absolute Gasteiger partial charge is 0.261 e. The first-order chi connectivity index (χ1) is 9.31. The third-order valence-corrected chi connectivity index (χ3v) is 5.55. The summed E-state index contributed by atoms with van der Waals surface area (Å²) in [5.41, 5.74) is -0.468. The van der Waals surface area contributed by atoms with E-state index in [0.717, 1.165) is 6.07 Å². The van der Waals surface area contributed by atoms with E-state index in [1.165, 1.54) is 18.3 Å². The summed E-state index contributed by atoms with van der Waals surface area (Å²) < 4.78 is 25.7. The van der Waals surface area contributed by atoms with Crippen molar-refractivity contribution in [2.24, 2.45) is 0 Å². The first kappa shape index (κ1) is 15.0. The average Bonchev–Trinajstić information content (AvgIpc) is 2.75. The number of aromatic nitrogens is 1. The summed E-state index contributed by atoms with van der Waals surface area (Å²) in [5, 5.41) is 10.8. The van der Waals surface area contributed by atoms with E-state index in [-0.39, 0.29) is 19.4 Å². The Kier molecular flexibility index (Phi) is 4.14. The van der Waals surface area contributed by atoms with Crippen LogP contribution < -0.4 is 4.72 Å². The first-order valence-corrected chi connectivity index (χ1v) is 7.94. The zero-order valence-corrected chi connectivity index (χ0v) is 12.6. The number of hydrogen-bond acceptors (Lipinski definition) is 6. The predicted octanol–water partition coefficient (Wildman–Crippen LogP) is 3.16. The van der Waals surface area contributed by atoms with E-state index in [1.54, 1.807) is 0 Å². The van der Waals surface area contributed by atoms with Gasteiger partial charge in [-0.1, -0.05) is 23.2 Å². The summed E-state index contributed by atoms with van der Waals surface area (Å²) in [4.78, 5) is 13.7. The van der Waals surface area contributed by atoms with Gasteiger partial charge in [-0.2, -0.15) is 0 Å². The Morgan fingerprint density at radius 2 is 2.10 bits per heavy atom. The Hall–Kier alpha value is -1.42. The van der Waals surface area contributed by atoms with Gasteiger partial charge in [-0.15, -0.1) is 11.3 Å². The molecule has 0 saturated heterocycles. The topological polar surface area (TPSA) is 102 Å². The van der Waals surface area contributed by atoms with Crippen LogP contribution in [-0.4, -0.2) is 18.3 Å². The molecule has 0 amide bonds. The Morgan fingerprint density at radius 1 is 1.40 bits per heavy atom. The number of sulfonamides is 1. The number of pyridine rings is 1. The lowest BCUT2D eigenvalue weighted by Gasteiger charge is -2.05. The highest BCUT2D eigenvalue weighted by atomic mass is 35.5. The van der Waals surface area contributed by atoms with Crippen LogP contribution in [0.25, 0.3) is 0 Å². The number of nitrogens with zero attached hydrogens (tertiary/aromatic N) is 2. The summed E-state index contributed by atoms with van der Waals surface area (Å²) in [6.07, 6.45) is 1.35. The molecule has 2 aromatic heterocycles. The minimum Gasteiger partial charge on any atom is -0.261 e. The number of anilines is 1. The quantitative estimate of drug-likeness (QED) is 0.671. The zero-order chi connectivity index (χ0) is 14.9. The molecule has 0 atom stereocenters. The number of nitrogens with one attached hydrogen (secondary N) is 1. The summed E-state index contributed by atoms with van der Waals surface area (Å²) in [6.45, 7) is 0. The third kappa shape index (κ3) is 3.01. The van der Waals surface area contributed by atoms with Crippen LogP contribution in [0, 0.1) is 10.1 Å². The molecular formula is C9H5Cl2N3O4S2. The maximum absolute atomic E-state index is 12.1. The molecule has 2 rings (SSSR count). The SMILES string of the molecule is O=[N+]([O-])c1cc(S(=O)(=O)Nc2ncccc2Cl)sc1Cl. The summed E-state index contributed by atoms with van der Waals surface area (Å²) in [6, 6.07) is 3.87. The molecule has 1 N–H and O–H groups in total. The third-order valence-electron chi connectivity index (χ3n) is 2.10. The first-order valence-electron chi connectivity index (χ1n) is 4.88. The summed E-state index contributed by atoms with van der Waals surface area (Å²) in [5.74, 6) is -0.0682. The highest BCUT2D eigenvalue weighted by molar-refractivity contribution is 7.94. The van der Waals surface area contributed by atoms with E-state index >= 15 is 0 Å². The standard InChI is InChI=1S/C9H5Cl2N3O4S2/c10-5-2-1-3-12-9(5)13-20(17,18)7-4-6(14(15)16)8(11)19-7/h1-4H,(H,12,13). The lowest BCUT2D eigenvalue weighted by Crippen LogP contribution is -2.12. The lowest BCUT2D eigenvalue weighted by molar-refractivity contribution is -0.384. The highest BCUT2D eigenvalue weighted by Gasteiger charge is 2.26. The molecule has 0 aromatic carbocycles. The largest absolute Gasteiger partial charge is 0.300 e. The predicted molar refractivity (Wildman–Crippen MR) is 76.0 cm³/mol. The van der Waals surface area contributed by atoms with Crippen molar-refractivity contribution in [3.8, 4) is 0 Å². The molecular weight excluding hydrogens is 349 g/mol. The number of halogens is 2. The van der Waals surface area contributed by atoms with Gasteiger partial charge in [0.25, 0.3) is 15.7 Å². The van der Waals surface area contributed by atoms with Crippen molar-refractivity contribution in [1.29, 1.82) is 0 Å². The number of rotatable bonds is 4. The number of nitro groups is 1. The van der Waals surface area contributed by atoms with E-state index in [4.69, 9.17) is 23.2 Å². The molecule has 0 spiro atoms. The number of hydrogen-bond donors (Lipinski definition) is 1. The van der Waals surface area contributed by atoms with Gasteiger partial charge in [0.05, 0.1) is 9.95 Å². The maximum Gasteiger partial charge on any atom is 0.300 e. The molecule has 2 heterocycles. The van der Waals surface area contributed by atoms with E-state index in [1.807, 2.05) is 0 Å². The van der Waals surface area contributed by atoms with Crippen LogP contribution in [0.15, 0.2) is 28.6 Å². The van der Waals surface area contributed by atoms with Crippen LogP contribution in [0.3, 0.4) is 0 Å². The van der Waals surface area contributed by atoms with Crippen molar-refractivity contribution in [2.75, 3.05) is 4.72 Å². The van der Waals surface area contributed by atoms with Crippen molar-refractivity contribution in [3.63, 3.8) is 0 Å². The van der Waals surface area contributed by atoms with E-state index < -0.39 is 20.6 Å². The Labute approximate surface area is 127 Å². The summed E-state index contributed by atoms with van der Waals surface area (Å²) in [7, 11) is -4.04. The summed E-state index contributed by atoms with van der Waals surface area (Å²) >= 11 is 12.0. The van der Waals surface area contributed by atoms with E-state index in [0.29, 0.717) is 11.3 Å². The van der Waals surface area contributed by atoms with Crippen LogP contribution in [0.4, 0.5) is 11.5 Å². The average molecular weight is 354 g/mol. The number of thiophene rings is 1. The van der Waals surface area contributed by atoms with Gasteiger partial charge in [-0.05, 0) is 12.1 Å². The maximum atomic E-state index is 12.1. The van der Waals surface area contributed by atoms with Gasteiger partial charge in [-0.25, -0.2) is 13.4 Å². The monoisotopic (exact) mass is 353 g/mol. The molecule has 0 aliphatic carbocycles. The molecule has 0 aliphatic rings. The molecule has 0 radical (unpaired) electrons. The highest BCUT2D eigenvalue weighted by Crippen LogP contribution is 2.37. The molecule has 0 bridgehead atoms. The molecule has 11 heteroatoms. The van der Waals surface area contributed by atoms with Gasteiger partial charge >= 0.3 is 0 Å². The van der Waals surface area contributed by atoms with Crippen LogP contribution in [0.1, 0.15) is 0 Å².